The maximum absolute atomic E-state index is 11.5. The Morgan fingerprint density at radius 1 is 1.00 bits per heavy atom. The molecule has 0 spiro atoms. The van der Waals surface area contributed by atoms with Crippen LogP contribution in [-0.4, -0.2) is 15.6 Å². The van der Waals surface area contributed by atoms with Crippen molar-refractivity contribution in [3.8, 4) is 0 Å². The van der Waals surface area contributed by atoms with Gasteiger partial charge in [-0.25, -0.2) is 0 Å². The first-order chi connectivity index (χ1) is 6.02. The van der Waals surface area contributed by atoms with E-state index in [4.69, 9.17) is 0 Å². The topological polar surface area (TPSA) is 34.1 Å². The Hall–Kier alpha value is -0.310. The van der Waals surface area contributed by atoms with E-state index in [0.717, 1.165) is 0 Å². The second-order valence-corrected chi connectivity index (χ2v) is 7.32. The van der Waals surface area contributed by atoms with Crippen molar-refractivity contribution in [1.82, 2.24) is 0 Å². The molecule has 0 aromatic rings. The molecule has 0 unspecified atom stereocenters. The summed E-state index contributed by atoms with van der Waals surface area (Å²) < 4.78 is -0.102. The Labute approximate surface area is 90.8 Å². The van der Waals surface area contributed by atoms with E-state index in [1.165, 1.54) is 11.8 Å². The summed E-state index contributed by atoms with van der Waals surface area (Å²) in [6.07, 6.45) is 0.0471. The highest BCUT2D eigenvalue weighted by atomic mass is 32.2. The van der Waals surface area contributed by atoms with Gasteiger partial charge in [0.25, 0.3) is 0 Å². The summed E-state index contributed by atoms with van der Waals surface area (Å²) in [5.41, 5.74) is -0.409. The van der Waals surface area contributed by atoms with Gasteiger partial charge in [-0.1, -0.05) is 53.3 Å². The van der Waals surface area contributed by atoms with Crippen LogP contribution in [-0.2, 0) is 9.59 Å². The third-order valence-corrected chi connectivity index (χ3v) is 2.55. The molecule has 0 radical (unpaired) electrons. The first kappa shape index (κ1) is 13.7. The summed E-state index contributed by atoms with van der Waals surface area (Å²) in [5, 5.41) is -0.0302. The van der Waals surface area contributed by atoms with Crippen LogP contribution in [0.5, 0.6) is 0 Å². The number of rotatable bonds is 2. The van der Waals surface area contributed by atoms with Crippen LogP contribution in [0.1, 0.15) is 48.0 Å². The fourth-order valence-electron chi connectivity index (χ4n) is 0.774. The lowest BCUT2D eigenvalue weighted by Crippen LogP contribution is -2.23. The lowest BCUT2D eigenvalue weighted by Gasteiger charge is -2.19. The Morgan fingerprint density at radius 3 is 1.71 bits per heavy atom. The van der Waals surface area contributed by atoms with E-state index in [-0.39, 0.29) is 22.1 Å². The predicted octanol–water partition coefficient (Wildman–Crippen LogP) is 3.05. The molecule has 2 nitrogen and oxygen atoms in total. The normalized spacial score (nSPS) is 12.7. The number of carbonyl (C=O) groups is 2. The quantitative estimate of drug-likeness (QED) is 0.665. The van der Waals surface area contributed by atoms with Crippen LogP contribution in [0, 0.1) is 5.41 Å². The molecule has 0 saturated carbocycles. The standard InChI is InChI=1S/C11H20O2S/c1-10(2,3)8(12)7-9(13)14-11(4,5)6/h7H2,1-6H3. The number of hydrogen-bond acceptors (Lipinski definition) is 3. The van der Waals surface area contributed by atoms with E-state index in [1.807, 2.05) is 41.5 Å². The van der Waals surface area contributed by atoms with Crippen LogP contribution in [0.15, 0.2) is 0 Å². The smallest absolute Gasteiger partial charge is 0.196 e. The molecule has 0 N–H and O–H groups in total. The molecule has 0 bridgehead atoms. The molecule has 0 saturated heterocycles. The van der Waals surface area contributed by atoms with Crippen molar-refractivity contribution < 1.29 is 9.59 Å². The summed E-state index contributed by atoms with van der Waals surface area (Å²) >= 11 is 1.24. The van der Waals surface area contributed by atoms with Crippen molar-refractivity contribution in [3.05, 3.63) is 0 Å². The van der Waals surface area contributed by atoms with Gasteiger partial charge in [0, 0.05) is 10.2 Å². The second-order valence-electron chi connectivity index (χ2n) is 5.44. The molecule has 0 aliphatic heterocycles. The molecule has 82 valence electrons. The lowest BCUT2D eigenvalue weighted by molar-refractivity contribution is -0.129. The van der Waals surface area contributed by atoms with Crippen molar-refractivity contribution in [1.29, 1.82) is 0 Å². The van der Waals surface area contributed by atoms with Gasteiger partial charge in [-0.2, -0.15) is 0 Å². The average Bonchev–Trinajstić information content (AvgIpc) is 1.79. The van der Waals surface area contributed by atoms with Gasteiger partial charge in [-0.3, -0.25) is 9.59 Å². The monoisotopic (exact) mass is 216 g/mol. The molecule has 0 aliphatic carbocycles. The van der Waals surface area contributed by atoms with E-state index in [9.17, 15) is 9.59 Å². The zero-order valence-electron chi connectivity index (χ0n) is 9.93. The van der Waals surface area contributed by atoms with Gasteiger partial charge >= 0.3 is 0 Å². The van der Waals surface area contributed by atoms with Crippen LogP contribution in [0.25, 0.3) is 0 Å². The first-order valence-corrected chi connectivity index (χ1v) is 5.59. The van der Waals surface area contributed by atoms with Gasteiger partial charge < -0.3 is 0 Å². The SMILES string of the molecule is CC(C)(C)SC(=O)CC(=O)C(C)(C)C. The average molecular weight is 216 g/mol. The van der Waals surface area contributed by atoms with Crippen LogP contribution in [0.2, 0.25) is 0 Å². The maximum atomic E-state index is 11.5. The molecule has 0 rings (SSSR count). The number of thioether (sulfide) groups is 1. The molecule has 14 heavy (non-hydrogen) atoms. The Balaban J connectivity index is 4.16. The van der Waals surface area contributed by atoms with Gasteiger partial charge in [-0.05, 0) is 0 Å². The summed E-state index contributed by atoms with van der Waals surface area (Å²) in [5.74, 6) is 0.0132. The molecule has 0 aliphatic rings. The Bertz CT molecular complexity index is 231. The van der Waals surface area contributed by atoms with Crippen molar-refractivity contribution in [2.45, 2.75) is 52.7 Å². The fourth-order valence-corrected chi connectivity index (χ4v) is 1.66. The van der Waals surface area contributed by atoms with Crippen molar-refractivity contribution >= 4 is 22.7 Å². The van der Waals surface area contributed by atoms with Crippen LogP contribution >= 0.6 is 11.8 Å². The van der Waals surface area contributed by atoms with Gasteiger partial charge in [0.2, 0.25) is 0 Å². The summed E-state index contributed by atoms with van der Waals surface area (Å²) in [4.78, 5) is 23.0. The zero-order valence-corrected chi connectivity index (χ0v) is 10.7. The number of carbonyl (C=O) groups excluding carboxylic acids is 2. The summed E-state index contributed by atoms with van der Waals surface area (Å²) in [6.45, 7) is 11.4. The molecular weight excluding hydrogens is 196 g/mol. The molecule has 0 fully saturated rings. The third-order valence-electron chi connectivity index (χ3n) is 1.56. The highest BCUT2D eigenvalue weighted by Gasteiger charge is 2.25. The first-order valence-electron chi connectivity index (χ1n) is 4.77. The van der Waals surface area contributed by atoms with E-state index < -0.39 is 5.41 Å². The molecule has 0 aromatic heterocycles. The summed E-state index contributed by atoms with van der Waals surface area (Å²) in [7, 11) is 0. The van der Waals surface area contributed by atoms with Crippen molar-refractivity contribution in [2.75, 3.05) is 0 Å². The summed E-state index contributed by atoms with van der Waals surface area (Å²) in [6, 6.07) is 0. The van der Waals surface area contributed by atoms with Crippen LogP contribution in [0.4, 0.5) is 0 Å². The third kappa shape index (κ3) is 6.19. The Morgan fingerprint density at radius 2 is 1.43 bits per heavy atom. The van der Waals surface area contributed by atoms with Gasteiger partial charge in [0.15, 0.2) is 5.12 Å². The minimum Gasteiger partial charge on any atom is -0.299 e. The number of Topliss-reactive ketones (excluding diaryl/α,β-unsaturated/α-hetero) is 1. The van der Waals surface area contributed by atoms with Crippen molar-refractivity contribution in [3.63, 3.8) is 0 Å². The predicted molar refractivity (Wildman–Crippen MR) is 61.4 cm³/mol. The lowest BCUT2D eigenvalue weighted by atomic mass is 9.89. The number of ketones is 1. The maximum Gasteiger partial charge on any atom is 0.196 e. The van der Waals surface area contributed by atoms with Crippen LogP contribution < -0.4 is 0 Å². The van der Waals surface area contributed by atoms with Crippen LogP contribution in [0.3, 0.4) is 0 Å². The highest BCUT2D eigenvalue weighted by Crippen LogP contribution is 2.27. The van der Waals surface area contributed by atoms with E-state index in [0.29, 0.717) is 0 Å². The van der Waals surface area contributed by atoms with E-state index in [2.05, 4.69) is 0 Å². The van der Waals surface area contributed by atoms with Gasteiger partial charge in [-0.15, -0.1) is 0 Å². The van der Waals surface area contributed by atoms with Gasteiger partial charge in [0.05, 0.1) is 6.42 Å². The largest absolute Gasteiger partial charge is 0.299 e. The molecule has 0 atom stereocenters. The molecule has 0 amide bonds. The number of hydrogen-bond donors (Lipinski definition) is 0. The Kier molecular flexibility index (Phi) is 4.37. The zero-order chi connectivity index (χ0) is 11.6. The van der Waals surface area contributed by atoms with Crippen molar-refractivity contribution in [2.24, 2.45) is 5.41 Å². The minimum atomic E-state index is -0.409. The van der Waals surface area contributed by atoms with E-state index in [1.54, 1.807) is 0 Å². The second kappa shape index (κ2) is 4.47. The molecular formula is C11H20O2S. The molecule has 3 heteroatoms. The highest BCUT2D eigenvalue weighted by molar-refractivity contribution is 8.14. The molecule has 0 heterocycles. The van der Waals surface area contributed by atoms with E-state index >= 15 is 0 Å². The fraction of sp³-hybridized carbons (Fsp3) is 0.818. The minimum absolute atomic E-state index is 0.0132. The molecule has 0 aromatic carbocycles. The van der Waals surface area contributed by atoms with Gasteiger partial charge in [0.1, 0.15) is 5.78 Å².